The average Bonchev–Trinajstić information content (AvgIpc) is 2.86. The van der Waals surface area contributed by atoms with E-state index in [1.807, 2.05) is 0 Å². The third kappa shape index (κ3) is 2.47. The van der Waals surface area contributed by atoms with E-state index in [4.69, 9.17) is 5.11 Å². The van der Waals surface area contributed by atoms with Gasteiger partial charge in [0, 0.05) is 11.3 Å². The predicted molar refractivity (Wildman–Crippen MR) is 98.1 cm³/mol. The van der Waals surface area contributed by atoms with E-state index in [1.165, 1.54) is 12.8 Å². The molecule has 2 unspecified atom stereocenters. The van der Waals surface area contributed by atoms with Gasteiger partial charge in [0.2, 0.25) is 0 Å². The van der Waals surface area contributed by atoms with E-state index < -0.39 is 11.6 Å². The number of carboxylic acids is 1. The molecule has 4 nitrogen and oxygen atoms in total. The summed E-state index contributed by atoms with van der Waals surface area (Å²) in [5.41, 5.74) is -1.15. The van der Waals surface area contributed by atoms with Crippen molar-refractivity contribution in [2.75, 3.05) is 0 Å². The quantitative estimate of drug-likeness (QED) is 0.580. The number of aliphatic hydroxyl groups excluding tert-OH is 1. The number of carbonyl (C=O) groups is 1. The van der Waals surface area contributed by atoms with Crippen LogP contribution in [0.5, 0.6) is 0 Å². The summed E-state index contributed by atoms with van der Waals surface area (Å²) in [6, 6.07) is 0. The monoisotopic (exact) mass is 360 g/mol. The molecule has 4 saturated carbocycles. The molecule has 4 heteroatoms. The van der Waals surface area contributed by atoms with Crippen LogP contribution >= 0.6 is 0 Å². The smallest absolute Gasteiger partial charge is 0.382 e. The molecule has 0 aromatic rings. The van der Waals surface area contributed by atoms with Crippen molar-refractivity contribution in [1.82, 2.24) is 0 Å². The highest BCUT2D eigenvalue weighted by molar-refractivity contribution is 5.86. The molecule has 0 radical (unpaired) electrons. The second-order valence-corrected chi connectivity index (χ2v) is 10.00. The number of hydrogen-bond donors (Lipinski definition) is 3. The first-order valence-electron chi connectivity index (χ1n) is 10.4. The standard InChI is InChI=1S/C22H32O4/c1-20-9-5-15(23)13-14(20)3-4-16-17(20)6-10-21(2)18(16)7-11-22(21,26)12-8-19(24)25/h14-18,23,26H,3-7,9-11,13H2,1-2H3,(H,24,25)/t14?,15?,16-,17+,18+,20+,21+,22+/m1/s1. The Morgan fingerprint density at radius 1 is 1.00 bits per heavy atom. The third-order valence-corrected chi connectivity index (χ3v) is 9.17. The van der Waals surface area contributed by atoms with E-state index in [-0.39, 0.29) is 11.5 Å². The van der Waals surface area contributed by atoms with Gasteiger partial charge in [-0.1, -0.05) is 19.8 Å². The first kappa shape index (κ1) is 18.3. The van der Waals surface area contributed by atoms with E-state index in [0.717, 1.165) is 38.5 Å². The zero-order valence-electron chi connectivity index (χ0n) is 16.0. The second-order valence-electron chi connectivity index (χ2n) is 10.00. The molecule has 0 aromatic carbocycles. The number of rotatable bonds is 0. The van der Waals surface area contributed by atoms with Crippen LogP contribution in [0.3, 0.4) is 0 Å². The molecule has 0 heterocycles. The molecule has 4 rings (SSSR count). The highest BCUT2D eigenvalue weighted by Gasteiger charge is 2.64. The summed E-state index contributed by atoms with van der Waals surface area (Å²) in [4.78, 5) is 10.9. The number of fused-ring (bicyclic) bond motifs is 5. The molecule has 4 aliphatic rings. The average molecular weight is 360 g/mol. The lowest BCUT2D eigenvalue weighted by Gasteiger charge is -2.61. The van der Waals surface area contributed by atoms with Crippen LogP contribution in [-0.4, -0.2) is 33.0 Å². The maximum absolute atomic E-state index is 11.2. The van der Waals surface area contributed by atoms with Gasteiger partial charge < -0.3 is 15.3 Å². The van der Waals surface area contributed by atoms with Crippen LogP contribution in [0.4, 0.5) is 0 Å². The van der Waals surface area contributed by atoms with Gasteiger partial charge in [-0.3, -0.25) is 0 Å². The Balaban J connectivity index is 1.62. The van der Waals surface area contributed by atoms with E-state index in [2.05, 4.69) is 25.7 Å². The van der Waals surface area contributed by atoms with Gasteiger partial charge in [0.1, 0.15) is 5.60 Å². The fourth-order valence-electron chi connectivity index (χ4n) is 7.61. The van der Waals surface area contributed by atoms with Crippen LogP contribution in [0.15, 0.2) is 0 Å². The van der Waals surface area contributed by atoms with Gasteiger partial charge in [0.25, 0.3) is 0 Å². The molecule has 0 amide bonds. The van der Waals surface area contributed by atoms with Gasteiger partial charge in [0.05, 0.1) is 6.10 Å². The zero-order valence-corrected chi connectivity index (χ0v) is 16.0. The fourth-order valence-corrected chi connectivity index (χ4v) is 7.61. The van der Waals surface area contributed by atoms with Gasteiger partial charge in [-0.15, -0.1) is 0 Å². The minimum atomic E-state index is -1.17. The molecule has 3 N–H and O–H groups in total. The number of aliphatic hydroxyl groups is 2. The Morgan fingerprint density at radius 3 is 2.46 bits per heavy atom. The van der Waals surface area contributed by atoms with Crippen molar-refractivity contribution in [3.05, 3.63) is 0 Å². The van der Waals surface area contributed by atoms with Gasteiger partial charge in [-0.2, -0.15) is 0 Å². The molecule has 0 spiro atoms. The van der Waals surface area contributed by atoms with Gasteiger partial charge >= 0.3 is 5.97 Å². The van der Waals surface area contributed by atoms with Crippen LogP contribution in [-0.2, 0) is 4.79 Å². The summed E-state index contributed by atoms with van der Waals surface area (Å²) in [6.45, 7) is 4.60. The van der Waals surface area contributed by atoms with Crippen LogP contribution in [0.2, 0.25) is 0 Å². The Kier molecular flexibility index (Phi) is 4.21. The molecule has 0 bridgehead atoms. The molecule has 26 heavy (non-hydrogen) atoms. The van der Waals surface area contributed by atoms with E-state index in [9.17, 15) is 15.0 Å². The molecule has 8 atom stereocenters. The molecule has 4 fully saturated rings. The predicted octanol–water partition coefficient (Wildman–Crippen LogP) is 3.21. The van der Waals surface area contributed by atoms with Crippen molar-refractivity contribution in [2.24, 2.45) is 34.5 Å². The summed E-state index contributed by atoms with van der Waals surface area (Å²) < 4.78 is 0. The van der Waals surface area contributed by atoms with Crippen LogP contribution < -0.4 is 0 Å². The topological polar surface area (TPSA) is 77.8 Å². The SMILES string of the molecule is C[C@]12CCC(O)CC1CC[C@@H]1[C@@H]2CC[C@@]2(C)[C@H]1CC[C@]2(O)C#CC(=O)O. The molecule has 144 valence electrons. The summed E-state index contributed by atoms with van der Waals surface area (Å²) in [5.74, 6) is 6.11. The first-order chi connectivity index (χ1) is 12.2. The lowest BCUT2D eigenvalue weighted by atomic mass is 9.44. The minimum Gasteiger partial charge on any atom is -0.472 e. The molecular weight excluding hydrogens is 328 g/mol. The normalized spacial score (nSPS) is 52.8. The zero-order chi connectivity index (χ0) is 18.7. The van der Waals surface area contributed by atoms with E-state index in [1.54, 1.807) is 0 Å². The van der Waals surface area contributed by atoms with Crippen molar-refractivity contribution in [3.63, 3.8) is 0 Å². The number of carboxylic acid groups (broad SMARTS) is 1. The highest BCUT2D eigenvalue weighted by atomic mass is 16.4. The largest absolute Gasteiger partial charge is 0.472 e. The Morgan fingerprint density at radius 2 is 1.73 bits per heavy atom. The fraction of sp³-hybridized carbons (Fsp3) is 0.864. The molecule has 0 aliphatic heterocycles. The lowest BCUT2D eigenvalue weighted by Crippen LogP contribution is -2.56. The maximum atomic E-state index is 11.2. The summed E-state index contributed by atoms with van der Waals surface area (Å²) in [5, 5.41) is 30.3. The Labute approximate surface area is 156 Å². The summed E-state index contributed by atoms with van der Waals surface area (Å²) in [7, 11) is 0. The lowest BCUT2D eigenvalue weighted by molar-refractivity contribution is -0.145. The van der Waals surface area contributed by atoms with Crippen molar-refractivity contribution in [1.29, 1.82) is 0 Å². The summed E-state index contributed by atoms with van der Waals surface area (Å²) >= 11 is 0. The van der Waals surface area contributed by atoms with E-state index in [0.29, 0.717) is 35.5 Å². The highest BCUT2D eigenvalue weighted by Crippen LogP contribution is 2.68. The molecule has 0 aromatic heterocycles. The minimum absolute atomic E-state index is 0.124. The van der Waals surface area contributed by atoms with Crippen LogP contribution in [0.25, 0.3) is 0 Å². The van der Waals surface area contributed by atoms with E-state index >= 15 is 0 Å². The van der Waals surface area contributed by atoms with Gasteiger partial charge in [-0.05, 0) is 86.9 Å². The summed E-state index contributed by atoms with van der Waals surface area (Å²) in [6.07, 6.45) is 8.80. The molecule has 0 saturated heterocycles. The van der Waals surface area contributed by atoms with Crippen LogP contribution in [0.1, 0.15) is 71.6 Å². The number of aliphatic carboxylic acids is 1. The number of hydrogen-bond acceptors (Lipinski definition) is 3. The third-order valence-electron chi connectivity index (χ3n) is 9.17. The second kappa shape index (κ2) is 5.97. The van der Waals surface area contributed by atoms with Crippen molar-refractivity contribution in [3.8, 4) is 11.8 Å². The van der Waals surface area contributed by atoms with Crippen molar-refractivity contribution >= 4 is 5.97 Å². The van der Waals surface area contributed by atoms with Crippen LogP contribution in [0, 0.1) is 46.3 Å². The Hall–Kier alpha value is -1.05. The van der Waals surface area contributed by atoms with Gasteiger partial charge in [-0.25, -0.2) is 4.79 Å². The molecular formula is C22H32O4. The first-order valence-corrected chi connectivity index (χ1v) is 10.4. The van der Waals surface area contributed by atoms with Gasteiger partial charge in [0.15, 0.2) is 0 Å². The van der Waals surface area contributed by atoms with Crippen molar-refractivity contribution in [2.45, 2.75) is 83.3 Å². The maximum Gasteiger partial charge on any atom is 0.382 e. The van der Waals surface area contributed by atoms with Crippen molar-refractivity contribution < 1.29 is 20.1 Å². The molecule has 4 aliphatic carbocycles. The Bertz CT molecular complexity index is 663.